The van der Waals surface area contributed by atoms with Crippen LogP contribution in [0.1, 0.15) is 0 Å². The lowest BCUT2D eigenvalue weighted by atomic mass is 9.99. The van der Waals surface area contributed by atoms with Crippen LogP contribution in [0.4, 0.5) is 0 Å². The van der Waals surface area contributed by atoms with E-state index < -0.39 is 0 Å². The first kappa shape index (κ1) is 23.1. The standard InChI is InChI=1S/C40H26N2/c1-2-14-30(15-3-1)41-37-20-10-7-17-32(37)34-24-25-35-33-18-8-11-21-38(33)42(40(35)39(34)41)36-19-9-6-16-31(36)29-23-22-27-12-4-5-13-28(27)26-29/h1-26H. The van der Waals surface area contributed by atoms with E-state index in [1.54, 1.807) is 0 Å². The summed E-state index contributed by atoms with van der Waals surface area (Å²) in [6.45, 7) is 0. The minimum absolute atomic E-state index is 1.16. The minimum Gasteiger partial charge on any atom is -0.307 e. The number of hydrogen-bond donors (Lipinski definition) is 0. The molecule has 0 aliphatic heterocycles. The fourth-order valence-electron chi connectivity index (χ4n) is 6.87. The Morgan fingerprint density at radius 1 is 0.357 bits per heavy atom. The molecule has 0 amide bonds. The molecule has 0 spiro atoms. The third-order valence-electron chi connectivity index (χ3n) is 8.69. The smallest absolute Gasteiger partial charge is 0.0789 e. The molecule has 2 heterocycles. The quantitative estimate of drug-likeness (QED) is 0.213. The van der Waals surface area contributed by atoms with Gasteiger partial charge in [-0.25, -0.2) is 0 Å². The molecule has 7 aromatic carbocycles. The SMILES string of the molecule is c1ccc(-n2c3ccccc3c3ccc4c5ccccc5n(-c5ccccc5-c5ccc6ccccc6c5)c4c32)cc1. The number of para-hydroxylation sites is 4. The number of hydrogen-bond acceptors (Lipinski definition) is 0. The number of fused-ring (bicyclic) bond motifs is 8. The summed E-state index contributed by atoms with van der Waals surface area (Å²) in [6.07, 6.45) is 0. The highest BCUT2D eigenvalue weighted by molar-refractivity contribution is 6.24. The van der Waals surface area contributed by atoms with Crippen molar-refractivity contribution in [1.29, 1.82) is 0 Å². The lowest BCUT2D eigenvalue weighted by molar-refractivity contribution is 1.15. The van der Waals surface area contributed by atoms with Crippen LogP contribution >= 0.6 is 0 Å². The van der Waals surface area contributed by atoms with Gasteiger partial charge in [0.05, 0.1) is 27.8 Å². The molecule has 42 heavy (non-hydrogen) atoms. The number of nitrogens with zero attached hydrogens (tertiary/aromatic N) is 2. The highest BCUT2D eigenvalue weighted by Gasteiger charge is 2.22. The van der Waals surface area contributed by atoms with Crippen molar-refractivity contribution in [3.63, 3.8) is 0 Å². The van der Waals surface area contributed by atoms with Crippen molar-refractivity contribution in [1.82, 2.24) is 9.13 Å². The summed E-state index contributed by atoms with van der Waals surface area (Å²) in [5.74, 6) is 0. The molecule has 0 aliphatic rings. The van der Waals surface area contributed by atoms with Gasteiger partial charge in [-0.3, -0.25) is 0 Å². The van der Waals surface area contributed by atoms with Crippen molar-refractivity contribution in [3.05, 3.63) is 158 Å². The Labute approximate surface area is 243 Å². The fourth-order valence-corrected chi connectivity index (χ4v) is 6.87. The van der Waals surface area contributed by atoms with Gasteiger partial charge in [0.1, 0.15) is 0 Å². The first-order valence-electron chi connectivity index (χ1n) is 14.5. The van der Waals surface area contributed by atoms with Gasteiger partial charge >= 0.3 is 0 Å². The van der Waals surface area contributed by atoms with Gasteiger partial charge in [0, 0.05) is 32.8 Å². The Morgan fingerprint density at radius 3 is 1.69 bits per heavy atom. The van der Waals surface area contributed by atoms with Crippen LogP contribution in [0.25, 0.3) is 76.9 Å². The average molecular weight is 535 g/mol. The zero-order valence-electron chi connectivity index (χ0n) is 22.9. The van der Waals surface area contributed by atoms with Gasteiger partial charge < -0.3 is 9.13 Å². The van der Waals surface area contributed by atoms with Crippen molar-refractivity contribution in [3.8, 4) is 22.5 Å². The van der Waals surface area contributed by atoms with Crippen molar-refractivity contribution in [2.45, 2.75) is 0 Å². The van der Waals surface area contributed by atoms with Crippen LogP contribution < -0.4 is 0 Å². The molecule has 0 fully saturated rings. The molecule has 2 aromatic heterocycles. The molecule has 2 nitrogen and oxygen atoms in total. The van der Waals surface area contributed by atoms with Crippen molar-refractivity contribution in [2.75, 3.05) is 0 Å². The van der Waals surface area contributed by atoms with E-state index in [-0.39, 0.29) is 0 Å². The summed E-state index contributed by atoms with van der Waals surface area (Å²) in [6, 6.07) is 57.2. The maximum absolute atomic E-state index is 2.50. The molecule has 0 unspecified atom stereocenters. The zero-order valence-corrected chi connectivity index (χ0v) is 22.9. The Balaban J connectivity index is 1.47. The highest BCUT2D eigenvalue weighted by atomic mass is 15.0. The van der Waals surface area contributed by atoms with Gasteiger partial charge in [-0.1, -0.05) is 121 Å². The summed E-state index contributed by atoms with van der Waals surface area (Å²) < 4.78 is 4.94. The molecule has 196 valence electrons. The van der Waals surface area contributed by atoms with E-state index in [1.165, 1.54) is 71.2 Å². The topological polar surface area (TPSA) is 9.86 Å². The Kier molecular flexibility index (Phi) is 4.93. The predicted octanol–water partition coefficient (Wildman–Crippen LogP) is 10.7. The van der Waals surface area contributed by atoms with E-state index in [0.717, 1.165) is 5.69 Å². The molecule has 0 radical (unpaired) electrons. The van der Waals surface area contributed by atoms with Gasteiger partial charge in [0.25, 0.3) is 0 Å². The van der Waals surface area contributed by atoms with Crippen LogP contribution in [0.2, 0.25) is 0 Å². The van der Waals surface area contributed by atoms with E-state index >= 15 is 0 Å². The summed E-state index contributed by atoms with van der Waals surface area (Å²) in [7, 11) is 0. The highest BCUT2D eigenvalue weighted by Crippen LogP contribution is 2.43. The van der Waals surface area contributed by atoms with E-state index in [1.807, 2.05) is 0 Å². The second-order valence-corrected chi connectivity index (χ2v) is 11.0. The number of aromatic nitrogens is 2. The third kappa shape index (κ3) is 3.27. The van der Waals surface area contributed by atoms with Gasteiger partial charge in [0.15, 0.2) is 0 Å². The first-order valence-corrected chi connectivity index (χ1v) is 14.5. The summed E-state index contributed by atoms with van der Waals surface area (Å²) in [5, 5.41) is 7.54. The molecule has 0 aliphatic carbocycles. The second kappa shape index (κ2) is 8.95. The Bertz CT molecular complexity index is 2460. The molecular formula is C40H26N2. The fraction of sp³-hybridized carbons (Fsp3) is 0. The molecule has 0 atom stereocenters. The maximum atomic E-state index is 2.50. The monoisotopic (exact) mass is 534 g/mol. The van der Waals surface area contributed by atoms with Crippen LogP contribution in [0.5, 0.6) is 0 Å². The Hall–Kier alpha value is -5.60. The van der Waals surface area contributed by atoms with E-state index in [2.05, 4.69) is 167 Å². The van der Waals surface area contributed by atoms with Crippen LogP contribution in [0, 0.1) is 0 Å². The van der Waals surface area contributed by atoms with Crippen LogP contribution in [-0.2, 0) is 0 Å². The number of benzene rings is 7. The van der Waals surface area contributed by atoms with Gasteiger partial charge in [-0.2, -0.15) is 0 Å². The summed E-state index contributed by atoms with van der Waals surface area (Å²) >= 11 is 0. The molecule has 0 bridgehead atoms. The van der Waals surface area contributed by atoms with Crippen molar-refractivity contribution < 1.29 is 0 Å². The largest absolute Gasteiger partial charge is 0.307 e. The van der Waals surface area contributed by atoms with Crippen LogP contribution in [0.15, 0.2) is 158 Å². The first-order chi connectivity index (χ1) is 20.9. The average Bonchev–Trinajstić information content (AvgIpc) is 3.58. The second-order valence-electron chi connectivity index (χ2n) is 11.0. The van der Waals surface area contributed by atoms with Gasteiger partial charge in [-0.05, 0) is 52.7 Å². The molecule has 0 saturated heterocycles. The predicted molar refractivity (Wildman–Crippen MR) is 178 cm³/mol. The van der Waals surface area contributed by atoms with E-state index in [4.69, 9.17) is 0 Å². The lowest BCUT2D eigenvalue weighted by Gasteiger charge is -2.16. The maximum Gasteiger partial charge on any atom is 0.0789 e. The summed E-state index contributed by atoms with van der Waals surface area (Å²) in [4.78, 5) is 0. The minimum atomic E-state index is 1.16. The van der Waals surface area contributed by atoms with Gasteiger partial charge in [0.2, 0.25) is 0 Å². The molecule has 0 N–H and O–H groups in total. The van der Waals surface area contributed by atoms with Crippen molar-refractivity contribution >= 4 is 54.4 Å². The molecule has 0 saturated carbocycles. The molecule has 2 heteroatoms. The van der Waals surface area contributed by atoms with Crippen molar-refractivity contribution in [2.24, 2.45) is 0 Å². The number of rotatable bonds is 3. The van der Waals surface area contributed by atoms with Gasteiger partial charge in [-0.15, -0.1) is 0 Å². The lowest BCUT2D eigenvalue weighted by Crippen LogP contribution is -2.00. The summed E-state index contributed by atoms with van der Waals surface area (Å²) in [5.41, 5.74) is 9.64. The molecular weight excluding hydrogens is 508 g/mol. The van der Waals surface area contributed by atoms with E-state index in [0.29, 0.717) is 0 Å². The van der Waals surface area contributed by atoms with E-state index in [9.17, 15) is 0 Å². The zero-order chi connectivity index (χ0) is 27.6. The molecule has 9 aromatic rings. The van der Waals surface area contributed by atoms with Crippen LogP contribution in [0.3, 0.4) is 0 Å². The molecule has 9 rings (SSSR count). The Morgan fingerprint density at radius 2 is 0.929 bits per heavy atom. The third-order valence-corrected chi connectivity index (χ3v) is 8.69. The normalized spacial score (nSPS) is 11.8. The van der Waals surface area contributed by atoms with Crippen LogP contribution in [-0.4, -0.2) is 9.13 Å².